The summed E-state index contributed by atoms with van der Waals surface area (Å²) in [7, 11) is 1.62. The molecule has 0 spiro atoms. The molecule has 2 aliphatic rings. The van der Waals surface area contributed by atoms with Crippen molar-refractivity contribution >= 4 is 52.1 Å². The van der Waals surface area contributed by atoms with Crippen LogP contribution in [0.4, 0.5) is 5.82 Å². The van der Waals surface area contributed by atoms with Crippen LogP contribution in [0.25, 0.3) is 6.08 Å². The molecule has 1 N–H and O–H groups in total. The fourth-order valence-corrected chi connectivity index (χ4v) is 5.01. The average molecular weight is 462 g/mol. The Bertz CT molecular complexity index is 1080. The van der Waals surface area contributed by atoms with Crippen molar-refractivity contribution in [3.8, 4) is 6.07 Å². The maximum atomic E-state index is 12.8. The second-order valence-corrected chi connectivity index (χ2v) is 8.97. The number of nitrogens with zero attached hydrogens (tertiary/aromatic N) is 5. The van der Waals surface area contributed by atoms with Gasteiger partial charge < -0.3 is 14.9 Å². The molecule has 0 radical (unpaired) electrons. The van der Waals surface area contributed by atoms with Crippen LogP contribution in [-0.2, 0) is 16.6 Å². The summed E-state index contributed by atoms with van der Waals surface area (Å²) in [5.41, 5.74) is 0.718. The zero-order chi connectivity index (χ0) is 22.9. The molecular weight excluding hydrogens is 438 g/mol. The molecule has 11 heteroatoms. The van der Waals surface area contributed by atoms with E-state index in [-0.39, 0.29) is 20.3 Å². The number of carboxylic acids is 1. The van der Waals surface area contributed by atoms with Crippen molar-refractivity contribution in [2.75, 3.05) is 44.2 Å². The summed E-state index contributed by atoms with van der Waals surface area (Å²) in [6.45, 7) is 7.30. The molecule has 2 saturated heterocycles. The minimum absolute atomic E-state index is 0.0192. The zero-order valence-corrected chi connectivity index (χ0v) is 19.2. The Hall–Kier alpha value is -2.68. The fraction of sp³-hybridized carbons (Fsp3) is 0.450. The number of carboxylic acid groups (broad SMARTS) is 1. The highest BCUT2D eigenvalue weighted by Crippen LogP contribution is 2.35. The van der Waals surface area contributed by atoms with Crippen molar-refractivity contribution in [3.05, 3.63) is 31.9 Å². The number of likely N-dealkylation sites (N-methyl/N-ethyl adjacent to an activating group) is 1. The van der Waals surface area contributed by atoms with Gasteiger partial charge in [-0.2, -0.15) is 5.26 Å². The van der Waals surface area contributed by atoms with Crippen LogP contribution in [0.3, 0.4) is 0 Å². The average Bonchev–Trinajstić information content (AvgIpc) is 3.00. The smallest absolute Gasteiger partial charge is 0.323 e. The number of piperazine rings is 1. The number of hydrogen-bond acceptors (Lipinski definition) is 8. The lowest BCUT2D eigenvalue weighted by Gasteiger charge is -2.37. The minimum Gasteiger partial charge on any atom is -0.480 e. The normalized spacial score (nSPS) is 18.7. The Morgan fingerprint density at radius 2 is 1.94 bits per heavy atom. The van der Waals surface area contributed by atoms with Gasteiger partial charge in [0, 0.05) is 38.8 Å². The van der Waals surface area contributed by atoms with Crippen molar-refractivity contribution in [2.45, 2.75) is 13.8 Å². The Morgan fingerprint density at radius 1 is 1.29 bits per heavy atom. The second kappa shape index (κ2) is 9.21. The van der Waals surface area contributed by atoms with E-state index in [9.17, 15) is 19.6 Å². The van der Waals surface area contributed by atoms with E-state index in [2.05, 4.69) is 16.7 Å². The largest absolute Gasteiger partial charge is 0.480 e. The SMILES string of the molecule is CCN1CCN(c2c(C=C3SC(=S)N(CC(=O)O)C3=O)c(C)c(C#N)c(=O)n2C)CC1. The molecule has 1 aromatic rings. The lowest BCUT2D eigenvalue weighted by atomic mass is 10.0. The number of hydrogen-bond donors (Lipinski definition) is 1. The van der Waals surface area contributed by atoms with Crippen molar-refractivity contribution in [3.63, 3.8) is 0 Å². The van der Waals surface area contributed by atoms with E-state index in [1.165, 1.54) is 4.57 Å². The number of pyridine rings is 1. The predicted molar refractivity (Wildman–Crippen MR) is 123 cm³/mol. The Kier molecular flexibility index (Phi) is 6.83. The molecule has 1 amide bonds. The third-order valence-corrected chi connectivity index (χ3v) is 6.91. The summed E-state index contributed by atoms with van der Waals surface area (Å²) >= 11 is 6.20. The third kappa shape index (κ3) is 4.37. The third-order valence-electron chi connectivity index (χ3n) is 5.53. The summed E-state index contributed by atoms with van der Waals surface area (Å²) in [6.07, 6.45) is 1.62. The Balaban J connectivity index is 2.12. The molecular formula is C20H23N5O4S2. The van der Waals surface area contributed by atoms with Crippen molar-refractivity contribution < 1.29 is 14.7 Å². The molecule has 31 heavy (non-hydrogen) atoms. The second-order valence-electron chi connectivity index (χ2n) is 7.30. The molecule has 2 aliphatic heterocycles. The molecule has 3 rings (SSSR count). The molecule has 0 aromatic carbocycles. The number of carbonyl (C=O) groups excluding carboxylic acids is 1. The zero-order valence-electron chi connectivity index (χ0n) is 17.5. The number of anilines is 1. The number of rotatable bonds is 5. The summed E-state index contributed by atoms with van der Waals surface area (Å²) in [5, 5.41) is 18.6. The molecule has 9 nitrogen and oxygen atoms in total. The first-order chi connectivity index (χ1) is 14.7. The predicted octanol–water partition coefficient (Wildman–Crippen LogP) is 0.993. The maximum absolute atomic E-state index is 12.8. The number of thioether (sulfide) groups is 1. The van der Waals surface area contributed by atoms with Crippen molar-refractivity contribution in [2.24, 2.45) is 7.05 Å². The summed E-state index contributed by atoms with van der Waals surface area (Å²) < 4.78 is 1.62. The highest BCUT2D eigenvalue weighted by molar-refractivity contribution is 8.26. The van der Waals surface area contributed by atoms with Gasteiger partial charge in [-0.1, -0.05) is 30.9 Å². The van der Waals surface area contributed by atoms with Crippen LogP contribution in [0.5, 0.6) is 0 Å². The Morgan fingerprint density at radius 3 is 2.48 bits per heavy atom. The molecule has 1 aromatic heterocycles. The van der Waals surface area contributed by atoms with Gasteiger partial charge in [0.25, 0.3) is 11.5 Å². The van der Waals surface area contributed by atoms with Crippen LogP contribution >= 0.6 is 24.0 Å². The van der Waals surface area contributed by atoms with Crippen LogP contribution in [0.2, 0.25) is 0 Å². The van der Waals surface area contributed by atoms with Gasteiger partial charge in [-0.15, -0.1) is 0 Å². The number of aromatic nitrogens is 1. The van der Waals surface area contributed by atoms with E-state index in [0.29, 0.717) is 30.0 Å². The van der Waals surface area contributed by atoms with Crippen LogP contribution in [0.15, 0.2) is 9.70 Å². The first-order valence-corrected chi connectivity index (χ1v) is 11.0. The van der Waals surface area contributed by atoms with Crippen molar-refractivity contribution in [1.82, 2.24) is 14.4 Å². The number of nitriles is 1. The van der Waals surface area contributed by atoms with Gasteiger partial charge in [-0.25, -0.2) is 0 Å². The topological polar surface area (TPSA) is 110 Å². The van der Waals surface area contributed by atoms with Gasteiger partial charge >= 0.3 is 5.97 Å². The van der Waals surface area contributed by atoms with E-state index >= 15 is 0 Å². The Labute approximate surface area is 189 Å². The van der Waals surface area contributed by atoms with Gasteiger partial charge in [0.15, 0.2) is 0 Å². The summed E-state index contributed by atoms with van der Waals surface area (Å²) in [4.78, 5) is 42.4. The van der Waals surface area contributed by atoms with Gasteiger partial charge in [0.2, 0.25) is 0 Å². The molecule has 0 saturated carbocycles. The lowest BCUT2D eigenvalue weighted by Crippen LogP contribution is -2.48. The first kappa shape index (κ1) is 23.0. The van der Waals surface area contributed by atoms with Gasteiger partial charge in [-0.3, -0.25) is 23.9 Å². The summed E-state index contributed by atoms with van der Waals surface area (Å²) in [5.74, 6) is -1.01. The molecule has 0 unspecified atom stereocenters. The molecule has 0 bridgehead atoms. The van der Waals surface area contributed by atoms with E-state index in [1.54, 1.807) is 20.0 Å². The quantitative estimate of drug-likeness (QED) is 0.507. The molecule has 2 fully saturated rings. The van der Waals surface area contributed by atoms with Gasteiger partial charge in [0.05, 0.1) is 4.91 Å². The maximum Gasteiger partial charge on any atom is 0.323 e. The summed E-state index contributed by atoms with van der Waals surface area (Å²) in [6, 6.07) is 1.98. The molecule has 0 aliphatic carbocycles. The van der Waals surface area contributed by atoms with E-state index < -0.39 is 18.4 Å². The number of amides is 1. The number of aliphatic carboxylic acids is 1. The molecule has 164 valence electrons. The van der Waals surface area contributed by atoms with Gasteiger partial charge in [0.1, 0.15) is 28.3 Å². The highest BCUT2D eigenvalue weighted by atomic mass is 32.2. The lowest BCUT2D eigenvalue weighted by molar-refractivity contribution is -0.140. The van der Waals surface area contributed by atoms with E-state index in [0.717, 1.165) is 36.3 Å². The minimum atomic E-state index is -1.16. The first-order valence-electron chi connectivity index (χ1n) is 9.77. The van der Waals surface area contributed by atoms with Crippen molar-refractivity contribution in [1.29, 1.82) is 5.26 Å². The number of thiocarbonyl (C=S) groups is 1. The van der Waals surface area contributed by atoms with E-state index in [1.807, 2.05) is 6.07 Å². The van der Waals surface area contributed by atoms with E-state index in [4.69, 9.17) is 17.3 Å². The van der Waals surface area contributed by atoms with Crippen LogP contribution < -0.4 is 10.5 Å². The molecule has 3 heterocycles. The van der Waals surface area contributed by atoms with Crippen LogP contribution in [0.1, 0.15) is 23.6 Å². The highest BCUT2D eigenvalue weighted by Gasteiger charge is 2.34. The standard InChI is InChI=1S/C20H23N5O4S2/c1-4-23-5-7-24(8-6-23)17-13(12(2)14(10-21)18(28)22(17)3)9-15-19(29)25(11-16(26)27)20(30)31-15/h9H,4-8,11H2,1-3H3,(H,26,27). The van der Waals surface area contributed by atoms with Crippen LogP contribution in [-0.4, -0.2) is 74.9 Å². The molecule has 0 atom stereocenters. The van der Waals surface area contributed by atoms with Gasteiger partial charge in [-0.05, 0) is 25.1 Å². The fourth-order valence-electron chi connectivity index (χ4n) is 3.77. The number of carbonyl (C=O) groups is 2. The monoisotopic (exact) mass is 461 g/mol. The van der Waals surface area contributed by atoms with Crippen LogP contribution in [0, 0.1) is 18.3 Å².